The minimum absolute atomic E-state index is 0.245. The molecule has 0 spiro atoms. The van der Waals surface area contributed by atoms with Gasteiger partial charge in [-0.2, -0.15) is 5.10 Å². The van der Waals surface area contributed by atoms with Gasteiger partial charge in [0.15, 0.2) is 0 Å². The van der Waals surface area contributed by atoms with Gasteiger partial charge < -0.3 is 4.74 Å². The molecule has 2 rings (SSSR count). The molecular weight excluding hydrogens is 315 g/mol. The molecule has 2 aromatic rings. The van der Waals surface area contributed by atoms with Crippen molar-refractivity contribution in [2.24, 2.45) is 5.10 Å². The van der Waals surface area contributed by atoms with Gasteiger partial charge in [0.25, 0.3) is 0 Å². The summed E-state index contributed by atoms with van der Waals surface area (Å²) in [6.45, 7) is 0. The Morgan fingerprint density at radius 3 is 2.48 bits per heavy atom. The SMILES string of the molecule is O=[N+]([O-])c1cc(C=NNc2ccccc2)ccc1OC(F)(F)F. The van der Waals surface area contributed by atoms with Crippen LogP contribution in [0.5, 0.6) is 5.75 Å². The summed E-state index contributed by atoms with van der Waals surface area (Å²) in [6.07, 6.45) is -3.76. The summed E-state index contributed by atoms with van der Waals surface area (Å²) in [5.74, 6) is -0.879. The van der Waals surface area contributed by atoms with Crippen molar-refractivity contribution >= 4 is 17.6 Å². The van der Waals surface area contributed by atoms with E-state index in [0.717, 1.165) is 12.1 Å². The first-order valence-corrected chi connectivity index (χ1v) is 6.23. The molecule has 0 aliphatic rings. The Hall–Kier alpha value is -3.10. The Morgan fingerprint density at radius 2 is 1.87 bits per heavy atom. The molecule has 0 radical (unpaired) electrons. The van der Waals surface area contributed by atoms with Gasteiger partial charge in [-0.3, -0.25) is 15.5 Å². The maximum Gasteiger partial charge on any atom is 0.573 e. The normalized spacial score (nSPS) is 11.4. The molecule has 0 fully saturated rings. The molecule has 9 heteroatoms. The summed E-state index contributed by atoms with van der Waals surface area (Å²) >= 11 is 0. The van der Waals surface area contributed by atoms with Crippen molar-refractivity contribution in [3.63, 3.8) is 0 Å². The highest BCUT2D eigenvalue weighted by molar-refractivity contribution is 5.82. The van der Waals surface area contributed by atoms with Crippen LogP contribution in [0.2, 0.25) is 0 Å². The number of anilines is 1. The second kappa shape index (κ2) is 6.77. The van der Waals surface area contributed by atoms with Crippen LogP contribution >= 0.6 is 0 Å². The van der Waals surface area contributed by atoms with E-state index in [1.54, 1.807) is 24.3 Å². The highest BCUT2D eigenvalue weighted by Gasteiger charge is 2.34. The number of hydrogen-bond donors (Lipinski definition) is 1. The van der Waals surface area contributed by atoms with Crippen LogP contribution in [0.15, 0.2) is 53.6 Å². The van der Waals surface area contributed by atoms with Crippen LogP contribution in [0.25, 0.3) is 0 Å². The first-order chi connectivity index (χ1) is 10.8. The van der Waals surface area contributed by atoms with Crippen LogP contribution in [-0.4, -0.2) is 17.5 Å². The predicted octanol–water partition coefficient (Wildman–Crippen LogP) is 3.94. The van der Waals surface area contributed by atoms with E-state index in [-0.39, 0.29) is 5.56 Å². The molecule has 0 aromatic heterocycles. The topological polar surface area (TPSA) is 76.8 Å². The molecule has 0 saturated carbocycles. The zero-order valence-corrected chi connectivity index (χ0v) is 11.4. The third-order valence-electron chi connectivity index (χ3n) is 2.59. The van der Waals surface area contributed by atoms with Gasteiger partial charge >= 0.3 is 12.0 Å². The number of alkyl halides is 3. The molecule has 0 aliphatic heterocycles. The quantitative estimate of drug-likeness (QED) is 0.513. The first kappa shape index (κ1) is 16.3. The lowest BCUT2D eigenvalue weighted by atomic mass is 10.2. The first-order valence-electron chi connectivity index (χ1n) is 6.23. The maximum absolute atomic E-state index is 12.2. The highest BCUT2D eigenvalue weighted by Crippen LogP contribution is 2.32. The van der Waals surface area contributed by atoms with Gasteiger partial charge in [0, 0.05) is 11.6 Å². The molecule has 0 saturated heterocycles. The van der Waals surface area contributed by atoms with Crippen LogP contribution in [0.1, 0.15) is 5.56 Å². The largest absolute Gasteiger partial charge is 0.573 e. The molecule has 2 aromatic carbocycles. The van der Waals surface area contributed by atoms with Gasteiger partial charge in [0.2, 0.25) is 5.75 Å². The van der Waals surface area contributed by atoms with Crippen molar-refractivity contribution in [2.45, 2.75) is 6.36 Å². The zero-order valence-electron chi connectivity index (χ0n) is 11.4. The van der Waals surface area contributed by atoms with Crippen LogP contribution in [0, 0.1) is 10.1 Å². The van der Waals surface area contributed by atoms with Crippen molar-refractivity contribution in [3.8, 4) is 5.75 Å². The van der Waals surface area contributed by atoms with E-state index in [9.17, 15) is 23.3 Å². The minimum atomic E-state index is -5.00. The molecule has 0 bridgehead atoms. The van der Waals surface area contributed by atoms with Gasteiger partial charge in [0.1, 0.15) is 0 Å². The van der Waals surface area contributed by atoms with E-state index in [0.29, 0.717) is 5.69 Å². The number of rotatable bonds is 5. The third-order valence-corrected chi connectivity index (χ3v) is 2.59. The molecule has 23 heavy (non-hydrogen) atoms. The lowest BCUT2D eigenvalue weighted by Gasteiger charge is -2.09. The summed E-state index contributed by atoms with van der Waals surface area (Å²) in [4.78, 5) is 9.90. The number of halogens is 3. The van der Waals surface area contributed by atoms with Crippen molar-refractivity contribution in [1.29, 1.82) is 0 Å². The fourth-order valence-corrected chi connectivity index (χ4v) is 1.66. The molecule has 0 unspecified atom stereocenters. The van der Waals surface area contributed by atoms with Crippen LogP contribution in [0.4, 0.5) is 24.5 Å². The number of ether oxygens (including phenoxy) is 1. The number of nitrogens with zero attached hydrogens (tertiary/aromatic N) is 2. The van der Waals surface area contributed by atoms with Gasteiger partial charge in [-0.1, -0.05) is 18.2 Å². The Kier molecular flexibility index (Phi) is 4.79. The number of benzene rings is 2. The summed E-state index contributed by atoms with van der Waals surface area (Å²) in [5, 5.41) is 14.7. The van der Waals surface area contributed by atoms with Gasteiger partial charge in [-0.15, -0.1) is 13.2 Å². The summed E-state index contributed by atoms with van der Waals surface area (Å²) in [7, 11) is 0. The average Bonchev–Trinajstić information content (AvgIpc) is 2.48. The van der Waals surface area contributed by atoms with Crippen LogP contribution in [0.3, 0.4) is 0 Å². The summed E-state index contributed by atoms with van der Waals surface area (Å²) < 4.78 is 40.2. The van der Waals surface area contributed by atoms with Crippen LogP contribution in [-0.2, 0) is 0 Å². The van der Waals surface area contributed by atoms with E-state index in [2.05, 4.69) is 15.3 Å². The molecule has 1 N–H and O–H groups in total. The van der Waals surface area contributed by atoms with E-state index in [1.807, 2.05) is 6.07 Å². The second-order valence-corrected chi connectivity index (χ2v) is 4.27. The minimum Gasteiger partial charge on any atom is -0.398 e. The standard InChI is InChI=1S/C14H10F3N3O3/c15-14(16,17)23-13-7-6-10(8-12(13)20(21)22)9-18-19-11-4-2-1-3-5-11/h1-9,19H. The number of hydrogen-bond acceptors (Lipinski definition) is 5. The lowest BCUT2D eigenvalue weighted by molar-refractivity contribution is -0.388. The Labute approximate surface area is 128 Å². The molecule has 120 valence electrons. The third kappa shape index (κ3) is 4.99. The molecule has 0 amide bonds. The number of nitrogens with one attached hydrogen (secondary N) is 1. The maximum atomic E-state index is 12.2. The molecule has 0 heterocycles. The zero-order chi connectivity index (χ0) is 16.9. The van der Waals surface area contributed by atoms with Crippen LogP contribution < -0.4 is 10.2 Å². The number of nitro benzene ring substituents is 1. The Bertz CT molecular complexity index is 718. The van der Waals surface area contributed by atoms with E-state index < -0.39 is 22.7 Å². The number of nitro groups is 1. The Balaban J connectivity index is 2.17. The smallest absolute Gasteiger partial charge is 0.398 e. The van der Waals surface area contributed by atoms with Crippen molar-refractivity contribution in [2.75, 3.05) is 5.43 Å². The molecule has 0 atom stereocenters. The van der Waals surface area contributed by atoms with Gasteiger partial charge in [-0.25, -0.2) is 0 Å². The van der Waals surface area contributed by atoms with E-state index in [4.69, 9.17) is 0 Å². The Morgan fingerprint density at radius 1 is 1.17 bits per heavy atom. The fourth-order valence-electron chi connectivity index (χ4n) is 1.66. The predicted molar refractivity (Wildman–Crippen MR) is 77.4 cm³/mol. The molecule has 6 nitrogen and oxygen atoms in total. The van der Waals surface area contributed by atoms with E-state index in [1.165, 1.54) is 12.3 Å². The number of para-hydroxylation sites is 1. The molecular formula is C14H10F3N3O3. The van der Waals surface area contributed by atoms with Crippen molar-refractivity contribution < 1.29 is 22.8 Å². The number of hydrazone groups is 1. The molecule has 0 aliphatic carbocycles. The second-order valence-electron chi connectivity index (χ2n) is 4.27. The fraction of sp³-hybridized carbons (Fsp3) is 0.0714. The summed E-state index contributed by atoms with van der Waals surface area (Å²) in [6, 6.07) is 11.9. The van der Waals surface area contributed by atoms with E-state index >= 15 is 0 Å². The van der Waals surface area contributed by atoms with Gasteiger partial charge in [-0.05, 0) is 24.3 Å². The average molecular weight is 325 g/mol. The lowest BCUT2D eigenvalue weighted by Crippen LogP contribution is -2.18. The highest BCUT2D eigenvalue weighted by atomic mass is 19.4. The summed E-state index contributed by atoms with van der Waals surface area (Å²) in [5.41, 5.74) is 2.82. The van der Waals surface area contributed by atoms with Crippen molar-refractivity contribution in [3.05, 3.63) is 64.2 Å². The van der Waals surface area contributed by atoms with Crippen molar-refractivity contribution in [1.82, 2.24) is 0 Å². The van der Waals surface area contributed by atoms with Gasteiger partial charge in [0.05, 0.1) is 16.8 Å². The monoisotopic (exact) mass is 325 g/mol.